The van der Waals surface area contributed by atoms with Gasteiger partial charge in [-0.3, -0.25) is 9.98 Å². The van der Waals surface area contributed by atoms with Crippen molar-refractivity contribution in [2.75, 3.05) is 18.0 Å². The van der Waals surface area contributed by atoms with Crippen molar-refractivity contribution in [1.82, 2.24) is 4.98 Å². The first kappa shape index (κ1) is 12.9. The topological polar surface area (TPSA) is 28.5 Å². The van der Waals surface area contributed by atoms with Crippen LogP contribution in [0.25, 0.3) is 0 Å². The lowest BCUT2D eigenvalue weighted by Gasteiger charge is -2.20. The minimum atomic E-state index is 0.883. The van der Waals surface area contributed by atoms with Crippen LogP contribution in [0.15, 0.2) is 47.7 Å². The lowest BCUT2D eigenvalue weighted by molar-refractivity contribution is 0.949. The first-order valence-electron chi connectivity index (χ1n) is 7.12. The lowest BCUT2D eigenvalue weighted by Crippen LogP contribution is -2.18. The van der Waals surface area contributed by atoms with Gasteiger partial charge < -0.3 is 4.90 Å². The summed E-state index contributed by atoms with van der Waals surface area (Å²) in [6.45, 7) is 4.54. The van der Waals surface area contributed by atoms with Crippen molar-refractivity contribution in [2.24, 2.45) is 4.99 Å². The van der Waals surface area contributed by atoms with E-state index >= 15 is 0 Å². The minimum Gasteiger partial charge on any atom is -0.371 e. The summed E-state index contributed by atoms with van der Waals surface area (Å²) in [6.07, 6.45) is 8.04. The molecule has 3 nitrogen and oxygen atoms in total. The fourth-order valence-corrected chi connectivity index (χ4v) is 2.65. The van der Waals surface area contributed by atoms with Gasteiger partial charge in [0.05, 0.1) is 11.9 Å². The van der Waals surface area contributed by atoms with Gasteiger partial charge in [-0.15, -0.1) is 0 Å². The fourth-order valence-electron chi connectivity index (χ4n) is 2.65. The van der Waals surface area contributed by atoms with Crippen molar-refractivity contribution in [1.29, 1.82) is 0 Å². The second-order valence-corrected chi connectivity index (χ2v) is 5.21. The Hall–Kier alpha value is -2.16. The molecule has 102 valence electrons. The number of anilines is 1. The van der Waals surface area contributed by atoms with Crippen LogP contribution in [0, 0.1) is 6.92 Å². The Kier molecular flexibility index (Phi) is 3.77. The highest BCUT2D eigenvalue weighted by Gasteiger charge is 2.13. The Balaban J connectivity index is 1.78. The highest BCUT2D eigenvalue weighted by molar-refractivity contribution is 5.83. The number of rotatable bonds is 3. The highest BCUT2D eigenvalue weighted by atomic mass is 15.1. The first-order chi connectivity index (χ1) is 9.83. The summed E-state index contributed by atoms with van der Waals surface area (Å²) in [5, 5.41) is 0. The molecule has 3 rings (SSSR count). The van der Waals surface area contributed by atoms with E-state index in [1.807, 2.05) is 18.3 Å². The molecule has 20 heavy (non-hydrogen) atoms. The van der Waals surface area contributed by atoms with Crippen molar-refractivity contribution in [3.63, 3.8) is 0 Å². The largest absolute Gasteiger partial charge is 0.371 e. The number of benzene rings is 1. The molecule has 2 aromatic rings. The van der Waals surface area contributed by atoms with E-state index < -0.39 is 0 Å². The average molecular weight is 265 g/mol. The number of aryl methyl sites for hydroxylation is 1. The summed E-state index contributed by atoms with van der Waals surface area (Å²) in [7, 11) is 0. The second-order valence-electron chi connectivity index (χ2n) is 5.21. The molecule has 0 unspecified atom stereocenters. The van der Waals surface area contributed by atoms with Gasteiger partial charge >= 0.3 is 0 Å². The molecule has 1 aliphatic rings. The molecular formula is C17H19N3. The van der Waals surface area contributed by atoms with E-state index in [1.54, 1.807) is 12.4 Å². The van der Waals surface area contributed by atoms with Crippen LogP contribution in [0.2, 0.25) is 0 Å². The molecule has 0 saturated carbocycles. The highest BCUT2D eigenvalue weighted by Crippen LogP contribution is 2.24. The first-order valence-corrected chi connectivity index (χ1v) is 7.12. The molecule has 0 radical (unpaired) electrons. The fraction of sp³-hybridized carbons (Fsp3) is 0.294. The van der Waals surface area contributed by atoms with E-state index in [0.717, 1.165) is 11.3 Å². The molecule has 2 heterocycles. The molecule has 0 aliphatic carbocycles. The standard InChI is InChI=1S/C17H19N3/c1-14-11-15(12-19-16-5-4-8-18-13-16)6-7-17(14)20-9-2-3-10-20/h4-8,11-13H,2-3,9-10H2,1H3. The number of pyridine rings is 1. The number of nitrogens with zero attached hydrogens (tertiary/aromatic N) is 3. The molecule has 0 amide bonds. The summed E-state index contributed by atoms with van der Waals surface area (Å²) >= 11 is 0. The third-order valence-corrected chi connectivity index (χ3v) is 3.68. The van der Waals surface area contributed by atoms with E-state index in [4.69, 9.17) is 0 Å². The van der Waals surface area contributed by atoms with Gasteiger partial charge in [-0.25, -0.2) is 0 Å². The van der Waals surface area contributed by atoms with Crippen LogP contribution < -0.4 is 4.90 Å². The second kappa shape index (κ2) is 5.87. The Morgan fingerprint density at radius 1 is 1.20 bits per heavy atom. The van der Waals surface area contributed by atoms with E-state index in [1.165, 1.54) is 37.2 Å². The maximum Gasteiger partial charge on any atom is 0.0813 e. The molecule has 1 aromatic heterocycles. The zero-order chi connectivity index (χ0) is 13.8. The monoisotopic (exact) mass is 265 g/mol. The van der Waals surface area contributed by atoms with Crippen molar-refractivity contribution in [2.45, 2.75) is 19.8 Å². The third kappa shape index (κ3) is 2.87. The zero-order valence-corrected chi connectivity index (χ0v) is 11.8. The van der Waals surface area contributed by atoms with Crippen molar-refractivity contribution in [3.05, 3.63) is 53.9 Å². The third-order valence-electron chi connectivity index (χ3n) is 3.68. The molecule has 1 aliphatic heterocycles. The predicted molar refractivity (Wildman–Crippen MR) is 84.1 cm³/mol. The van der Waals surface area contributed by atoms with Crippen LogP contribution in [0.4, 0.5) is 11.4 Å². The van der Waals surface area contributed by atoms with Gasteiger partial charge in [0.15, 0.2) is 0 Å². The molecule has 1 aromatic carbocycles. The van der Waals surface area contributed by atoms with Gasteiger partial charge in [-0.1, -0.05) is 6.07 Å². The maximum atomic E-state index is 4.44. The van der Waals surface area contributed by atoms with Crippen molar-refractivity contribution < 1.29 is 0 Å². The Morgan fingerprint density at radius 2 is 2.05 bits per heavy atom. The molecule has 0 bridgehead atoms. The lowest BCUT2D eigenvalue weighted by atomic mass is 10.1. The normalized spacial score (nSPS) is 15.2. The van der Waals surface area contributed by atoms with Gasteiger partial charge in [-0.05, 0) is 55.2 Å². The van der Waals surface area contributed by atoms with Crippen LogP contribution >= 0.6 is 0 Å². The van der Waals surface area contributed by atoms with Gasteiger partial charge in [0.2, 0.25) is 0 Å². The summed E-state index contributed by atoms with van der Waals surface area (Å²) in [5.74, 6) is 0. The predicted octanol–water partition coefficient (Wildman–Crippen LogP) is 3.74. The number of hydrogen-bond donors (Lipinski definition) is 0. The number of hydrogen-bond acceptors (Lipinski definition) is 3. The van der Waals surface area contributed by atoms with E-state index in [0.29, 0.717) is 0 Å². The van der Waals surface area contributed by atoms with Gasteiger partial charge in [-0.2, -0.15) is 0 Å². The average Bonchev–Trinajstić information content (AvgIpc) is 3.00. The molecular weight excluding hydrogens is 246 g/mol. The molecule has 1 saturated heterocycles. The van der Waals surface area contributed by atoms with E-state index in [9.17, 15) is 0 Å². The summed E-state index contributed by atoms with van der Waals surface area (Å²) in [6, 6.07) is 10.4. The quantitative estimate of drug-likeness (QED) is 0.791. The molecule has 3 heteroatoms. The van der Waals surface area contributed by atoms with E-state index in [2.05, 4.69) is 40.0 Å². The maximum absolute atomic E-state index is 4.44. The number of aromatic nitrogens is 1. The van der Waals surface area contributed by atoms with Crippen LogP contribution in [0.1, 0.15) is 24.0 Å². The molecule has 1 fully saturated rings. The molecule has 0 N–H and O–H groups in total. The summed E-state index contributed by atoms with van der Waals surface area (Å²) in [5.41, 5.74) is 4.70. The van der Waals surface area contributed by atoms with Gasteiger partial charge in [0, 0.05) is 31.2 Å². The number of aliphatic imine (C=N–C) groups is 1. The molecule has 0 atom stereocenters. The SMILES string of the molecule is Cc1cc(C=Nc2cccnc2)ccc1N1CCCC1. The zero-order valence-electron chi connectivity index (χ0n) is 11.8. The van der Waals surface area contributed by atoms with Crippen LogP contribution in [-0.4, -0.2) is 24.3 Å². The van der Waals surface area contributed by atoms with Crippen LogP contribution in [-0.2, 0) is 0 Å². The molecule has 0 spiro atoms. The minimum absolute atomic E-state index is 0.883. The van der Waals surface area contributed by atoms with Gasteiger partial charge in [0.25, 0.3) is 0 Å². The van der Waals surface area contributed by atoms with Crippen molar-refractivity contribution >= 4 is 17.6 Å². The Bertz CT molecular complexity index is 599. The van der Waals surface area contributed by atoms with E-state index in [-0.39, 0.29) is 0 Å². The van der Waals surface area contributed by atoms with Crippen molar-refractivity contribution in [3.8, 4) is 0 Å². The smallest absolute Gasteiger partial charge is 0.0813 e. The van der Waals surface area contributed by atoms with Gasteiger partial charge in [0.1, 0.15) is 0 Å². The Morgan fingerprint density at radius 3 is 2.75 bits per heavy atom. The van der Waals surface area contributed by atoms with Crippen LogP contribution in [0.3, 0.4) is 0 Å². The summed E-state index contributed by atoms with van der Waals surface area (Å²) < 4.78 is 0. The van der Waals surface area contributed by atoms with Crippen LogP contribution in [0.5, 0.6) is 0 Å². The Labute approximate surface area is 120 Å². The summed E-state index contributed by atoms with van der Waals surface area (Å²) in [4.78, 5) is 11.0.